The summed E-state index contributed by atoms with van der Waals surface area (Å²) >= 11 is 6.21. The van der Waals surface area contributed by atoms with Gasteiger partial charge in [0.15, 0.2) is 5.58 Å². The Hall–Kier alpha value is -3.51. The number of ether oxygens (including phenoxy) is 2. The molecule has 3 aromatic carbocycles. The zero-order valence-corrected chi connectivity index (χ0v) is 18.1. The number of aromatic nitrogens is 1. The number of halogens is 1. The second-order valence-electron chi connectivity index (χ2n) is 7.20. The first-order valence-electron chi connectivity index (χ1n) is 9.75. The maximum Gasteiger partial charge on any atom is 0.255 e. The Bertz CT molecular complexity index is 1250. The van der Waals surface area contributed by atoms with Crippen molar-refractivity contribution in [2.24, 2.45) is 0 Å². The monoisotopic (exact) mass is 436 g/mol. The summed E-state index contributed by atoms with van der Waals surface area (Å²) in [5.74, 6) is 1.42. The van der Waals surface area contributed by atoms with Gasteiger partial charge in [0.05, 0.1) is 18.2 Å². The summed E-state index contributed by atoms with van der Waals surface area (Å²) in [4.78, 5) is 17.2. The minimum atomic E-state index is -0.237. The Morgan fingerprint density at radius 3 is 2.68 bits per heavy atom. The molecule has 7 heteroatoms. The van der Waals surface area contributed by atoms with E-state index in [1.54, 1.807) is 55.6 Å². The first-order chi connectivity index (χ1) is 14.9. The lowest BCUT2D eigenvalue weighted by atomic mass is 10.2. The summed E-state index contributed by atoms with van der Waals surface area (Å²) in [6.45, 7) is 3.88. The number of carbonyl (C=O) groups is 1. The van der Waals surface area contributed by atoms with E-state index in [1.807, 2.05) is 26.0 Å². The fraction of sp³-hybridized carbons (Fsp3) is 0.167. The number of carbonyl (C=O) groups excluding carboxylic acids is 1. The Balaban J connectivity index is 1.56. The largest absolute Gasteiger partial charge is 0.495 e. The molecule has 0 saturated carbocycles. The van der Waals surface area contributed by atoms with Gasteiger partial charge in [-0.05, 0) is 68.4 Å². The Kier molecular flexibility index (Phi) is 5.82. The van der Waals surface area contributed by atoms with Crippen molar-refractivity contribution in [2.75, 3.05) is 12.4 Å². The molecule has 4 rings (SSSR count). The van der Waals surface area contributed by atoms with Crippen LogP contribution in [-0.2, 0) is 0 Å². The van der Waals surface area contributed by atoms with Crippen molar-refractivity contribution in [2.45, 2.75) is 20.0 Å². The average molecular weight is 437 g/mol. The van der Waals surface area contributed by atoms with Gasteiger partial charge in [-0.3, -0.25) is 4.79 Å². The van der Waals surface area contributed by atoms with E-state index in [0.717, 1.165) is 5.56 Å². The number of nitrogens with one attached hydrogen (secondary N) is 1. The third-order valence-electron chi connectivity index (χ3n) is 4.51. The van der Waals surface area contributed by atoms with Crippen LogP contribution >= 0.6 is 11.6 Å². The minimum Gasteiger partial charge on any atom is -0.495 e. The van der Waals surface area contributed by atoms with Crippen LogP contribution in [0.1, 0.15) is 24.2 Å². The molecular formula is C24H21ClN2O4. The molecule has 0 spiro atoms. The second kappa shape index (κ2) is 8.70. The lowest BCUT2D eigenvalue weighted by Gasteiger charge is -2.11. The van der Waals surface area contributed by atoms with Crippen molar-refractivity contribution in [1.82, 2.24) is 4.98 Å². The number of fused-ring (bicyclic) bond motifs is 1. The SMILES string of the molecule is COc1ccc(-c2nc3cc(NC(=O)c4cccc(OC(C)C)c4)ccc3o2)cc1Cl. The van der Waals surface area contributed by atoms with Gasteiger partial charge in [-0.25, -0.2) is 4.98 Å². The van der Waals surface area contributed by atoms with Crippen molar-refractivity contribution in [3.63, 3.8) is 0 Å². The molecule has 0 saturated heterocycles. The Labute approximate surface area is 184 Å². The molecule has 1 heterocycles. The van der Waals surface area contributed by atoms with Gasteiger partial charge in [-0.2, -0.15) is 0 Å². The summed E-state index contributed by atoms with van der Waals surface area (Å²) < 4.78 is 16.7. The van der Waals surface area contributed by atoms with Crippen molar-refractivity contribution in [1.29, 1.82) is 0 Å². The molecular weight excluding hydrogens is 416 g/mol. The molecule has 1 aromatic heterocycles. The smallest absolute Gasteiger partial charge is 0.255 e. The minimum absolute atomic E-state index is 0.0302. The predicted molar refractivity (Wildman–Crippen MR) is 121 cm³/mol. The highest BCUT2D eigenvalue weighted by Crippen LogP contribution is 2.32. The number of methoxy groups -OCH3 is 1. The van der Waals surface area contributed by atoms with E-state index in [9.17, 15) is 4.79 Å². The number of anilines is 1. The Morgan fingerprint density at radius 2 is 1.94 bits per heavy atom. The van der Waals surface area contributed by atoms with E-state index < -0.39 is 0 Å². The van der Waals surface area contributed by atoms with Crippen LogP contribution in [0.15, 0.2) is 65.1 Å². The van der Waals surface area contributed by atoms with Crippen LogP contribution in [0.4, 0.5) is 5.69 Å². The molecule has 0 aliphatic heterocycles. The number of nitrogens with zero attached hydrogens (tertiary/aromatic N) is 1. The van der Waals surface area contributed by atoms with E-state index >= 15 is 0 Å². The number of oxazole rings is 1. The van der Waals surface area contributed by atoms with E-state index in [2.05, 4.69) is 10.3 Å². The number of amides is 1. The second-order valence-corrected chi connectivity index (χ2v) is 7.61. The van der Waals surface area contributed by atoms with Gasteiger partial charge < -0.3 is 19.2 Å². The highest BCUT2D eigenvalue weighted by Gasteiger charge is 2.13. The van der Waals surface area contributed by atoms with Crippen molar-refractivity contribution < 1.29 is 18.7 Å². The summed E-state index contributed by atoms with van der Waals surface area (Å²) in [6.07, 6.45) is 0.0302. The fourth-order valence-corrected chi connectivity index (χ4v) is 3.37. The van der Waals surface area contributed by atoms with Crippen LogP contribution in [0, 0.1) is 0 Å². The molecule has 158 valence electrons. The van der Waals surface area contributed by atoms with Crippen LogP contribution < -0.4 is 14.8 Å². The van der Waals surface area contributed by atoms with Gasteiger partial charge in [-0.15, -0.1) is 0 Å². The average Bonchev–Trinajstić information content (AvgIpc) is 3.17. The number of rotatable bonds is 6. The van der Waals surface area contributed by atoms with Crippen molar-refractivity contribution >= 4 is 34.3 Å². The molecule has 0 bridgehead atoms. The van der Waals surface area contributed by atoms with Crippen molar-refractivity contribution in [3.05, 3.63) is 71.2 Å². The highest BCUT2D eigenvalue weighted by molar-refractivity contribution is 6.32. The van der Waals surface area contributed by atoms with Gasteiger partial charge in [0, 0.05) is 16.8 Å². The van der Waals surface area contributed by atoms with Gasteiger partial charge >= 0.3 is 0 Å². The van der Waals surface area contributed by atoms with Crippen LogP contribution in [0.25, 0.3) is 22.6 Å². The lowest BCUT2D eigenvalue weighted by Crippen LogP contribution is -2.12. The van der Waals surface area contributed by atoms with Gasteiger partial charge in [-0.1, -0.05) is 17.7 Å². The first-order valence-corrected chi connectivity index (χ1v) is 10.1. The standard InChI is InChI=1S/C24H21ClN2O4/c1-14(2)30-18-6-4-5-15(11-18)23(28)26-17-8-10-22-20(13-17)27-24(31-22)16-7-9-21(29-3)19(25)12-16/h4-14H,1-3H3,(H,26,28). The number of hydrogen-bond donors (Lipinski definition) is 1. The van der Waals surface area contributed by atoms with Crippen LogP contribution in [0.3, 0.4) is 0 Å². The van der Waals surface area contributed by atoms with Gasteiger partial charge in [0.25, 0.3) is 5.91 Å². The van der Waals surface area contributed by atoms with Gasteiger partial charge in [0.1, 0.15) is 17.0 Å². The normalized spacial score (nSPS) is 11.0. The lowest BCUT2D eigenvalue weighted by molar-refractivity contribution is 0.102. The van der Waals surface area contributed by atoms with Crippen molar-refractivity contribution in [3.8, 4) is 23.0 Å². The summed E-state index contributed by atoms with van der Waals surface area (Å²) in [7, 11) is 1.56. The molecule has 0 aliphatic rings. The quantitative estimate of drug-likeness (QED) is 0.389. The molecule has 31 heavy (non-hydrogen) atoms. The predicted octanol–water partition coefficient (Wildman–Crippen LogP) is 6.20. The van der Waals surface area contributed by atoms with Crippen LogP contribution in [0.5, 0.6) is 11.5 Å². The molecule has 0 aliphatic carbocycles. The molecule has 1 N–H and O–H groups in total. The zero-order valence-electron chi connectivity index (χ0n) is 17.3. The number of hydrogen-bond acceptors (Lipinski definition) is 5. The molecule has 0 fully saturated rings. The molecule has 4 aromatic rings. The van der Waals surface area contributed by atoms with Gasteiger partial charge in [0.2, 0.25) is 5.89 Å². The molecule has 1 amide bonds. The van der Waals surface area contributed by atoms with E-state index in [1.165, 1.54) is 0 Å². The third-order valence-corrected chi connectivity index (χ3v) is 4.81. The molecule has 6 nitrogen and oxygen atoms in total. The maximum atomic E-state index is 12.7. The fourth-order valence-electron chi connectivity index (χ4n) is 3.11. The first kappa shape index (κ1) is 20.8. The topological polar surface area (TPSA) is 73.6 Å². The summed E-state index contributed by atoms with van der Waals surface area (Å²) in [5, 5.41) is 3.36. The Morgan fingerprint density at radius 1 is 1.10 bits per heavy atom. The number of benzene rings is 3. The molecule has 0 unspecified atom stereocenters. The summed E-state index contributed by atoms with van der Waals surface area (Å²) in [6, 6.07) is 17.7. The summed E-state index contributed by atoms with van der Waals surface area (Å²) in [5.41, 5.74) is 3.07. The van der Waals surface area contributed by atoms with E-state index in [4.69, 9.17) is 25.5 Å². The van der Waals surface area contributed by atoms with E-state index in [-0.39, 0.29) is 12.0 Å². The van der Waals surface area contributed by atoms with Crippen LogP contribution in [-0.4, -0.2) is 24.1 Å². The molecule has 0 atom stereocenters. The van der Waals surface area contributed by atoms with Crippen LogP contribution in [0.2, 0.25) is 5.02 Å². The highest BCUT2D eigenvalue weighted by atomic mass is 35.5. The molecule has 0 radical (unpaired) electrons. The zero-order chi connectivity index (χ0) is 22.0. The maximum absolute atomic E-state index is 12.7. The van der Waals surface area contributed by atoms with E-state index in [0.29, 0.717) is 44.8 Å². The third kappa shape index (κ3) is 4.64.